The van der Waals surface area contributed by atoms with E-state index in [0.29, 0.717) is 10.8 Å². The van der Waals surface area contributed by atoms with Gasteiger partial charge in [-0.3, -0.25) is 0 Å². The van der Waals surface area contributed by atoms with Crippen LogP contribution < -0.4 is 0 Å². The minimum atomic E-state index is -0.00534. The van der Waals surface area contributed by atoms with Crippen molar-refractivity contribution in [1.29, 1.82) is 0 Å². The van der Waals surface area contributed by atoms with E-state index in [2.05, 4.69) is 27.7 Å². The van der Waals surface area contributed by atoms with Crippen molar-refractivity contribution in [3.63, 3.8) is 0 Å². The van der Waals surface area contributed by atoms with Gasteiger partial charge in [-0.1, -0.05) is 40.5 Å². The highest BCUT2D eigenvalue weighted by Crippen LogP contribution is 2.68. The predicted octanol–water partition coefficient (Wildman–Crippen LogP) is 6.44. The molecular weight excluding hydrogens is 304 g/mol. The van der Waals surface area contributed by atoms with Crippen molar-refractivity contribution < 1.29 is 5.11 Å². The molecule has 4 rings (SSSR count). The van der Waals surface area contributed by atoms with Crippen molar-refractivity contribution in [1.82, 2.24) is 0 Å². The SMILES string of the molecule is CCC[C@@H](C)[C@H]1CC[C@H]2[C@@H]3CC[C@@H]4C[C@@H](O)CC[C@]4(C)[C@H]3CC[C@]12C. The largest absolute Gasteiger partial charge is 0.393 e. The van der Waals surface area contributed by atoms with Gasteiger partial charge < -0.3 is 5.11 Å². The highest BCUT2D eigenvalue weighted by Gasteiger charge is 2.60. The molecule has 0 amide bonds. The van der Waals surface area contributed by atoms with Gasteiger partial charge in [0.15, 0.2) is 0 Å². The van der Waals surface area contributed by atoms with Crippen LogP contribution in [0.3, 0.4) is 0 Å². The molecular formula is C24H42O. The molecule has 0 bridgehead atoms. The summed E-state index contributed by atoms with van der Waals surface area (Å²) in [6, 6.07) is 0. The van der Waals surface area contributed by atoms with Gasteiger partial charge in [0, 0.05) is 0 Å². The van der Waals surface area contributed by atoms with Gasteiger partial charge in [-0.2, -0.15) is 0 Å². The lowest BCUT2D eigenvalue weighted by Gasteiger charge is -2.61. The van der Waals surface area contributed by atoms with Crippen molar-refractivity contribution in [3.8, 4) is 0 Å². The summed E-state index contributed by atoms with van der Waals surface area (Å²) in [5.41, 5.74) is 1.17. The van der Waals surface area contributed by atoms with Crippen LogP contribution in [0.2, 0.25) is 0 Å². The number of aliphatic hydroxyl groups excluding tert-OH is 1. The van der Waals surface area contributed by atoms with Crippen LogP contribution in [0.5, 0.6) is 0 Å². The summed E-state index contributed by atoms with van der Waals surface area (Å²) in [5, 5.41) is 10.2. The molecule has 1 N–H and O–H groups in total. The van der Waals surface area contributed by atoms with Gasteiger partial charge in [0.2, 0.25) is 0 Å². The van der Waals surface area contributed by atoms with E-state index in [0.717, 1.165) is 48.3 Å². The molecule has 1 heteroatoms. The van der Waals surface area contributed by atoms with Gasteiger partial charge in [-0.15, -0.1) is 0 Å². The summed E-state index contributed by atoms with van der Waals surface area (Å²) in [4.78, 5) is 0. The van der Waals surface area contributed by atoms with Gasteiger partial charge in [0.25, 0.3) is 0 Å². The Morgan fingerprint density at radius 2 is 1.64 bits per heavy atom. The van der Waals surface area contributed by atoms with Crippen LogP contribution in [-0.4, -0.2) is 11.2 Å². The van der Waals surface area contributed by atoms with E-state index in [4.69, 9.17) is 0 Å². The molecule has 4 fully saturated rings. The van der Waals surface area contributed by atoms with Crippen LogP contribution in [0.15, 0.2) is 0 Å². The lowest BCUT2D eigenvalue weighted by molar-refractivity contribution is -0.129. The zero-order valence-corrected chi connectivity index (χ0v) is 17.3. The zero-order chi connectivity index (χ0) is 17.8. The number of hydrogen-bond donors (Lipinski definition) is 1. The smallest absolute Gasteiger partial charge is 0.0543 e. The highest BCUT2D eigenvalue weighted by molar-refractivity contribution is 5.09. The van der Waals surface area contributed by atoms with Crippen LogP contribution in [0.4, 0.5) is 0 Å². The van der Waals surface area contributed by atoms with Crippen molar-refractivity contribution in [2.75, 3.05) is 0 Å². The average Bonchev–Trinajstić information content (AvgIpc) is 2.93. The minimum absolute atomic E-state index is 0.00534. The molecule has 0 unspecified atom stereocenters. The molecule has 4 aliphatic carbocycles. The molecule has 4 saturated carbocycles. The summed E-state index contributed by atoms with van der Waals surface area (Å²) in [6.07, 6.45) is 15.1. The predicted molar refractivity (Wildman–Crippen MR) is 105 cm³/mol. The first kappa shape index (κ1) is 18.3. The lowest BCUT2D eigenvalue weighted by Crippen LogP contribution is -2.54. The lowest BCUT2D eigenvalue weighted by atomic mass is 9.44. The Morgan fingerprint density at radius 3 is 2.40 bits per heavy atom. The fourth-order valence-corrected chi connectivity index (χ4v) is 8.87. The van der Waals surface area contributed by atoms with E-state index in [1.807, 2.05) is 0 Å². The van der Waals surface area contributed by atoms with Gasteiger partial charge in [-0.05, 0) is 104 Å². The molecule has 0 aromatic carbocycles. The Labute approximate surface area is 156 Å². The summed E-state index contributed by atoms with van der Waals surface area (Å²) in [7, 11) is 0. The topological polar surface area (TPSA) is 20.2 Å². The Morgan fingerprint density at radius 1 is 0.920 bits per heavy atom. The molecule has 144 valence electrons. The van der Waals surface area contributed by atoms with Gasteiger partial charge in [0.05, 0.1) is 6.10 Å². The normalized spacial score (nSPS) is 53.6. The first-order valence-electron chi connectivity index (χ1n) is 11.6. The molecule has 4 aliphatic rings. The molecule has 0 aromatic rings. The Hall–Kier alpha value is -0.0400. The van der Waals surface area contributed by atoms with Crippen molar-refractivity contribution in [3.05, 3.63) is 0 Å². The Kier molecular flexibility index (Phi) is 4.79. The fraction of sp³-hybridized carbons (Fsp3) is 1.00. The molecule has 1 nitrogen and oxygen atoms in total. The maximum atomic E-state index is 10.2. The average molecular weight is 347 g/mol. The van der Waals surface area contributed by atoms with E-state index >= 15 is 0 Å². The maximum Gasteiger partial charge on any atom is 0.0543 e. The Bertz CT molecular complexity index is 486. The molecule has 25 heavy (non-hydrogen) atoms. The second-order valence-corrected chi connectivity index (χ2v) is 11.1. The van der Waals surface area contributed by atoms with E-state index in [1.165, 1.54) is 57.8 Å². The van der Waals surface area contributed by atoms with Crippen molar-refractivity contribution in [2.45, 2.75) is 104 Å². The van der Waals surface area contributed by atoms with E-state index in [9.17, 15) is 5.11 Å². The van der Waals surface area contributed by atoms with E-state index < -0.39 is 0 Å². The Balaban J connectivity index is 1.56. The minimum Gasteiger partial charge on any atom is -0.393 e. The highest BCUT2D eigenvalue weighted by atomic mass is 16.3. The maximum absolute atomic E-state index is 10.2. The fourth-order valence-electron chi connectivity index (χ4n) is 8.87. The standard InChI is InChI=1S/C24H42O/c1-5-6-16(2)20-9-10-21-19-8-7-17-15-18(25)11-13-23(17,3)22(19)12-14-24(20,21)4/h16-22,25H,5-15H2,1-4H3/t16-,17-,18+,19+,20-,21+,22+,23+,24-/m1/s1. The first-order valence-corrected chi connectivity index (χ1v) is 11.6. The quantitative estimate of drug-likeness (QED) is 0.623. The first-order chi connectivity index (χ1) is 11.9. The monoisotopic (exact) mass is 346 g/mol. The molecule has 0 radical (unpaired) electrons. The third-order valence-corrected chi connectivity index (χ3v) is 10.1. The van der Waals surface area contributed by atoms with Crippen LogP contribution >= 0.6 is 0 Å². The van der Waals surface area contributed by atoms with Crippen LogP contribution in [0.25, 0.3) is 0 Å². The summed E-state index contributed by atoms with van der Waals surface area (Å²) in [5.74, 6) is 5.66. The van der Waals surface area contributed by atoms with Crippen LogP contribution in [-0.2, 0) is 0 Å². The number of aliphatic hydroxyl groups is 1. The molecule has 9 atom stereocenters. The third-order valence-electron chi connectivity index (χ3n) is 10.1. The molecule has 0 aliphatic heterocycles. The van der Waals surface area contributed by atoms with E-state index in [-0.39, 0.29) is 6.10 Å². The molecule has 0 spiro atoms. The van der Waals surface area contributed by atoms with E-state index in [1.54, 1.807) is 0 Å². The second-order valence-electron chi connectivity index (χ2n) is 11.1. The summed E-state index contributed by atoms with van der Waals surface area (Å²) in [6.45, 7) is 10.2. The number of fused-ring (bicyclic) bond motifs is 5. The van der Waals surface area contributed by atoms with Gasteiger partial charge in [-0.25, -0.2) is 0 Å². The molecule has 0 heterocycles. The molecule has 0 saturated heterocycles. The number of rotatable bonds is 3. The summed E-state index contributed by atoms with van der Waals surface area (Å²) < 4.78 is 0. The van der Waals surface area contributed by atoms with Gasteiger partial charge >= 0.3 is 0 Å². The zero-order valence-electron chi connectivity index (χ0n) is 17.3. The second kappa shape index (κ2) is 6.54. The van der Waals surface area contributed by atoms with Crippen molar-refractivity contribution >= 4 is 0 Å². The van der Waals surface area contributed by atoms with Crippen LogP contribution in [0.1, 0.15) is 98.3 Å². The third kappa shape index (κ3) is 2.74. The summed E-state index contributed by atoms with van der Waals surface area (Å²) >= 11 is 0. The van der Waals surface area contributed by atoms with Crippen LogP contribution in [0, 0.1) is 46.3 Å². The molecule has 0 aromatic heterocycles. The number of hydrogen-bond acceptors (Lipinski definition) is 1. The van der Waals surface area contributed by atoms with Crippen molar-refractivity contribution in [2.24, 2.45) is 46.3 Å². The van der Waals surface area contributed by atoms with Gasteiger partial charge in [0.1, 0.15) is 0 Å².